The lowest BCUT2D eigenvalue weighted by atomic mass is 9.95. The highest BCUT2D eigenvalue weighted by Gasteiger charge is 2.25. The highest BCUT2D eigenvalue weighted by Crippen LogP contribution is 2.28. The maximum Gasteiger partial charge on any atom is 0.228 e. The zero-order valence-electron chi connectivity index (χ0n) is 15.8. The van der Waals surface area contributed by atoms with Gasteiger partial charge in [-0.1, -0.05) is 12.1 Å². The van der Waals surface area contributed by atoms with Crippen LogP contribution in [0.2, 0.25) is 0 Å². The van der Waals surface area contributed by atoms with Crippen LogP contribution in [0.25, 0.3) is 21.2 Å². The van der Waals surface area contributed by atoms with Gasteiger partial charge in [-0.3, -0.25) is 9.78 Å². The first-order chi connectivity index (χ1) is 13.6. The Morgan fingerprint density at radius 1 is 1.29 bits per heavy atom. The lowest BCUT2D eigenvalue weighted by Gasteiger charge is -2.31. The molecule has 0 radical (unpaired) electrons. The molecular formula is C21H23FN4OS. The number of anilines is 1. The molecule has 0 spiro atoms. The van der Waals surface area contributed by atoms with Gasteiger partial charge in [-0.15, -0.1) is 11.3 Å². The molecule has 0 aliphatic carbocycles. The summed E-state index contributed by atoms with van der Waals surface area (Å²) in [6, 6.07) is 8.10. The van der Waals surface area contributed by atoms with Crippen LogP contribution in [0.4, 0.5) is 10.2 Å². The Hall–Kier alpha value is -2.38. The van der Waals surface area contributed by atoms with Gasteiger partial charge in [0.1, 0.15) is 12.0 Å². The number of piperidine rings is 1. The number of benzene rings is 1. The summed E-state index contributed by atoms with van der Waals surface area (Å²) in [6.07, 6.45) is 4.31. The number of pyridine rings is 1. The van der Waals surface area contributed by atoms with Crippen molar-refractivity contribution in [3.63, 3.8) is 0 Å². The first kappa shape index (κ1) is 19.0. The quantitative estimate of drug-likeness (QED) is 0.693. The van der Waals surface area contributed by atoms with Gasteiger partial charge in [0.25, 0.3) is 0 Å². The molecular weight excluding hydrogens is 375 g/mol. The molecule has 7 heteroatoms. The summed E-state index contributed by atoms with van der Waals surface area (Å²) in [5.74, 6) is 0.518. The van der Waals surface area contributed by atoms with E-state index in [9.17, 15) is 9.18 Å². The third kappa shape index (κ3) is 4.36. The van der Waals surface area contributed by atoms with Crippen LogP contribution in [-0.4, -0.2) is 46.6 Å². The average Bonchev–Trinajstić information content (AvgIpc) is 3.22. The van der Waals surface area contributed by atoms with Crippen molar-refractivity contribution >= 4 is 33.8 Å². The number of rotatable bonds is 5. The Morgan fingerprint density at radius 2 is 2.11 bits per heavy atom. The van der Waals surface area contributed by atoms with Crippen LogP contribution in [-0.2, 0) is 4.79 Å². The van der Waals surface area contributed by atoms with Crippen molar-refractivity contribution in [3.05, 3.63) is 42.2 Å². The molecule has 28 heavy (non-hydrogen) atoms. The molecule has 1 amide bonds. The number of likely N-dealkylation sites (tertiary alicyclic amines) is 1. The summed E-state index contributed by atoms with van der Waals surface area (Å²) in [5, 5.41) is 5.02. The Labute approximate surface area is 167 Å². The van der Waals surface area contributed by atoms with Crippen molar-refractivity contribution in [2.45, 2.75) is 25.9 Å². The number of amides is 1. The van der Waals surface area contributed by atoms with Crippen molar-refractivity contribution < 1.29 is 9.18 Å². The third-order valence-electron chi connectivity index (χ3n) is 5.16. The fraction of sp³-hybridized carbons (Fsp3) is 0.381. The fourth-order valence-corrected chi connectivity index (χ4v) is 4.30. The zero-order valence-corrected chi connectivity index (χ0v) is 16.6. The summed E-state index contributed by atoms with van der Waals surface area (Å²) in [7, 11) is 0. The molecule has 146 valence electrons. The van der Waals surface area contributed by atoms with E-state index in [-0.39, 0.29) is 11.8 Å². The minimum absolute atomic E-state index is 0.00147. The number of hydrogen-bond acceptors (Lipinski definition) is 5. The fourth-order valence-electron chi connectivity index (χ4n) is 3.68. The predicted octanol–water partition coefficient (Wildman–Crippen LogP) is 4.37. The second-order valence-electron chi connectivity index (χ2n) is 7.34. The van der Waals surface area contributed by atoms with Gasteiger partial charge in [-0.05, 0) is 55.9 Å². The SMILES string of the molecule is C[C@@H](F)CN1CCC(C(=O)Nc2cc3cc(-c4cncs4)ccc3cn2)CC1. The van der Waals surface area contributed by atoms with E-state index in [1.807, 2.05) is 23.8 Å². The van der Waals surface area contributed by atoms with E-state index in [1.54, 1.807) is 24.5 Å². The van der Waals surface area contributed by atoms with Gasteiger partial charge in [-0.25, -0.2) is 9.37 Å². The second kappa shape index (κ2) is 8.32. The number of halogens is 1. The Kier molecular flexibility index (Phi) is 5.64. The molecule has 1 aromatic carbocycles. The maximum atomic E-state index is 13.1. The van der Waals surface area contributed by atoms with Crippen LogP contribution < -0.4 is 5.32 Å². The number of nitrogens with zero attached hydrogens (tertiary/aromatic N) is 3. The molecule has 2 aromatic heterocycles. The second-order valence-corrected chi connectivity index (χ2v) is 8.23. The Balaban J connectivity index is 1.43. The molecule has 3 heterocycles. The summed E-state index contributed by atoms with van der Waals surface area (Å²) < 4.78 is 13.1. The molecule has 0 unspecified atom stereocenters. The summed E-state index contributed by atoms with van der Waals surface area (Å²) in [4.78, 5) is 24.4. The third-order valence-corrected chi connectivity index (χ3v) is 5.98. The van der Waals surface area contributed by atoms with Crippen molar-refractivity contribution in [1.29, 1.82) is 0 Å². The van der Waals surface area contributed by atoms with Gasteiger partial charge in [0, 0.05) is 30.2 Å². The van der Waals surface area contributed by atoms with E-state index >= 15 is 0 Å². The summed E-state index contributed by atoms with van der Waals surface area (Å²) in [6.45, 7) is 3.54. The lowest BCUT2D eigenvalue weighted by Crippen LogP contribution is -2.40. The smallest absolute Gasteiger partial charge is 0.228 e. The van der Waals surface area contributed by atoms with E-state index in [4.69, 9.17) is 0 Å². The van der Waals surface area contributed by atoms with Gasteiger partial charge in [0.15, 0.2) is 0 Å². The number of carbonyl (C=O) groups is 1. The van der Waals surface area contributed by atoms with Gasteiger partial charge in [0.05, 0.1) is 10.4 Å². The molecule has 3 aromatic rings. The summed E-state index contributed by atoms with van der Waals surface area (Å²) >= 11 is 1.60. The number of hydrogen-bond donors (Lipinski definition) is 1. The molecule has 0 saturated carbocycles. The molecule has 1 aliphatic heterocycles. The zero-order chi connectivity index (χ0) is 19.5. The van der Waals surface area contributed by atoms with E-state index in [1.165, 1.54) is 0 Å². The number of carbonyl (C=O) groups excluding carboxylic acids is 1. The normalized spacial score (nSPS) is 16.9. The minimum Gasteiger partial charge on any atom is -0.310 e. The van der Waals surface area contributed by atoms with Crippen LogP contribution in [0.5, 0.6) is 0 Å². The van der Waals surface area contributed by atoms with E-state index in [2.05, 4.69) is 32.3 Å². The number of fused-ring (bicyclic) bond motifs is 1. The van der Waals surface area contributed by atoms with Gasteiger partial charge >= 0.3 is 0 Å². The van der Waals surface area contributed by atoms with Crippen LogP contribution in [0.15, 0.2) is 42.2 Å². The van der Waals surface area contributed by atoms with Crippen molar-refractivity contribution in [2.24, 2.45) is 5.92 Å². The average molecular weight is 399 g/mol. The molecule has 1 aliphatic rings. The van der Waals surface area contributed by atoms with Crippen LogP contribution in [0, 0.1) is 5.92 Å². The maximum absolute atomic E-state index is 13.1. The van der Waals surface area contributed by atoms with Gasteiger partial charge in [-0.2, -0.15) is 0 Å². The predicted molar refractivity (Wildman–Crippen MR) is 111 cm³/mol. The largest absolute Gasteiger partial charge is 0.310 e. The van der Waals surface area contributed by atoms with Gasteiger partial charge in [0.2, 0.25) is 5.91 Å². The van der Waals surface area contributed by atoms with Crippen LogP contribution in [0.3, 0.4) is 0 Å². The number of alkyl halides is 1. The molecule has 0 bridgehead atoms. The first-order valence-corrected chi connectivity index (χ1v) is 10.4. The Morgan fingerprint density at radius 3 is 2.82 bits per heavy atom. The molecule has 5 nitrogen and oxygen atoms in total. The van der Waals surface area contributed by atoms with E-state index < -0.39 is 6.17 Å². The Bertz CT molecular complexity index is 952. The molecule has 1 N–H and O–H groups in total. The highest BCUT2D eigenvalue weighted by molar-refractivity contribution is 7.13. The van der Waals surface area contributed by atoms with Crippen LogP contribution in [0.1, 0.15) is 19.8 Å². The van der Waals surface area contributed by atoms with E-state index in [0.717, 1.165) is 47.1 Å². The highest BCUT2D eigenvalue weighted by atomic mass is 32.1. The topological polar surface area (TPSA) is 58.1 Å². The molecule has 4 rings (SSSR count). The van der Waals surface area contributed by atoms with Crippen molar-refractivity contribution in [3.8, 4) is 10.4 Å². The standard InChI is InChI=1S/C21H23FN4OS/c1-14(22)12-26-6-4-15(5-7-26)21(27)25-20-9-18-8-16(19-11-23-13-28-19)2-3-17(18)10-24-20/h2-3,8-11,13-15H,4-7,12H2,1H3,(H,24,25,27)/t14-/m1/s1. The molecule has 1 saturated heterocycles. The first-order valence-electron chi connectivity index (χ1n) is 9.54. The number of aromatic nitrogens is 2. The molecule has 1 fully saturated rings. The van der Waals surface area contributed by atoms with Crippen LogP contribution >= 0.6 is 11.3 Å². The monoisotopic (exact) mass is 398 g/mol. The van der Waals surface area contributed by atoms with Gasteiger partial charge < -0.3 is 10.2 Å². The van der Waals surface area contributed by atoms with E-state index in [0.29, 0.717) is 12.4 Å². The summed E-state index contributed by atoms with van der Waals surface area (Å²) in [5.41, 5.74) is 2.92. The lowest BCUT2D eigenvalue weighted by molar-refractivity contribution is -0.121. The van der Waals surface area contributed by atoms with Crippen molar-refractivity contribution in [1.82, 2.24) is 14.9 Å². The molecule has 1 atom stereocenters. The minimum atomic E-state index is -0.831. The number of nitrogens with one attached hydrogen (secondary N) is 1. The van der Waals surface area contributed by atoms with Crippen molar-refractivity contribution in [2.75, 3.05) is 25.0 Å². The number of thiazole rings is 1.